The van der Waals surface area contributed by atoms with Gasteiger partial charge in [-0.15, -0.1) is 0 Å². The number of carbonyl (C=O) groups is 1. The van der Waals surface area contributed by atoms with Gasteiger partial charge in [0.2, 0.25) is 0 Å². The smallest absolute Gasteiger partial charge is 0.315 e. The average molecular weight is 380 g/mol. The Balaban J connectivity index is 1.66. The van der Waals surface area contributed by atoms with Crippen LogP contribution in [0.25, 0.3) is 0 Å². The zero-order valence-electron chi connectivity index (χ0n) is 16.6. The first-order valence-electron chi connectivity index (χ1n) is 10.2. The summed E-state index contributed by atoms with van der Waals surface area (Å²) in [5.41, 5.74) is 0. The minimum Gasteiger partial charge on any atom is -0.391 e. The van der Waals surface area contributed by atoms with Gasteiger partial charge < -0.3 is 20.5 Å². The van der Waals surface area contributed by atoms with Crippen molar-refractivity contribution in [2.75, 3.05) is 7.11 Å². The normalized spacial score (nSPS) is 26.5. The van der Waals surface area contributed by atoms with Crippen molar-refractivity contribution in [3.8, 4) is 0 Å². The van der Waals surface area contributed by atoms with Crippen LogP contribution in [0.3, 0.4) is 0 Å². The van der Waals surface area contributed by atoms with Crippen LogP contribution in [0.15, 0.2) is 0 Å². The van der Waals surface area contributed by atoms with Crippen molar-refractivity contribution < 1.29 is 14.6 Å². The van der Waals surface area contributed by atoms with E-state index in [4.69, 9.17) is 4.74 Å². The zero-order chi connectivity index (χ0) is 19.4. The molecule has 2 aliphatic rings. The predicted octanol–water partition coefficient (Wildman–Crippen LogP) is 2.24. The second-order valence-electron chi connectivity index (χ2n) is 8.14. The van der Waals surface area contributed by atoms with Crippen LogP contribution in [0.5, 0.6) is 0 Å². The number of carbonyl (C=O) groups excluding carboxylic acids is 1. The Bertz CT molecular complexity index is 627. The molecule has 3 atom stereocenters. The lowest BCUT2D eigenvalue weighted by molar-refractivity contribution is 0.0844. The van der Waals surface area contributed by atoms with E-state index in [0.29, 0.717) is 25.3 Å². The number of nitrogens with zero attached hydrogens (tertiary/aromatic N) is 3. The van der Waals surface area contributed by atoms with E-state index in [2.05, 4.69) is 34.6 Å². The van der Waals surface area contributed by atoms with Crippen LogP contribution in [0.2, 0.25) is 0 Å². The van der Waals surface area contributed by atoms with Crippen molar-refractivity contribution in [1.82, 2.24) is 25.4 Å². The Morgan fingerprint density at radius 1 is 1.26 bits per heavy atom. The maximum Gasteiger partial charge on any atom is 0.315 e. The van der Waals surface area contributed by atoms with Crippen LogP contribution in [-0.2, 0) is 11.3 Å². The SMILES string of the molecule is COCc1nc([C@H]2CC[C@@H](O)[C@H](NC(=O)NC3CCCC3)C2)n(C(C)C)n1. The maximum absolute atomic E-state index is 12.3. The number of amides is 2. The summed E-state index contributed by atoms with van der Waals surface area (Å²) >= 11 is 0. The molecule has 2 fully saturated rings. The van der Waals surface area contributed by atoms with Crippen molar-refractivity contribution in [2.24, 2.45) is 0 Å². The molecule has 0 radical (unpaired) electrons. The number of aliphatic hydroxyl groups is 1. The van der Waals surface area contributed by atoms with E-state index in [0.717, 1.165) is 25.1 Å². The molecule has 152 valence electrons. The molecule has 3 rings (SSSR count). The van der Waals surface area contributed by atoms with Crippen LogP contribution >= 0.6 is 0 Å². The number of ether oxygens (including phenoxy) is 1. The van der Waals surface area contributed by atoms with E-state index in [9.17, 15) is 9.90 Å². The highest BCUT2D eigenvalue weighted by molar-refractivity contribution is 5.74. The molecule has 1 aromatic rings. The summed E-state index contributed by atoms with van der Waals surface area (Å²) in [6.45, 7) is 4.54. The van der Waals surface area contributed by atoms with Gasteiger partial charge in [-0.1, -0.05) is 12.8 Å². The number of hydrogen-bond donors (Lipinski definition) is 3. The Kier molecular flexibility index (Phi) is 6.70. The van der Waals surface area contributed by atoms with Crippen molar-refractivity contribution in [2.45, 2.75) is 95.5 Å². The second-order valence-corrected chi connectivity index (χ2v) is 8.14. The van der Waals surface area contributed by atoms with Crippen molar-refractivity contribution in [3.05, 3.63) is 11.6 Å². The predicted molar refractivity (Wildman–Crippen MR) is 101 cm³/mol. The summed E-state index contributed by atoms with van der Waals surface area (Å²) in [5.74, 6) is 1.76. The number of aromatic nitrogens is 3. The lowest BCUT2D eigenvalue weighted by Crippen LogP contribution is -2.51. The fraction of sp³-hybridized carbons (Fsp3) is 0.842. The van der Waals surface area contributed by atoms with Crippen LogP contribution in [0, 0.1) is 0 Å². The minimum absolute atomic E-state index is 0.158. The van der Waals surface area contributed by atoms with E-state index in [1.807, 2.05) is 4.68 Å². The monoisotopic (exact) mass is 379 g/mol. The fourth-order valence-electron chi connectivity index (χ4n) is 4.24. The minimum atomic E-state index is -0.524. The van der Waals surface area contributed by atoms with Crippen LogP contribution in [0.4, 0.5) is 4.79 Å². The second kappa shape index (κ2) is 9.01. The van der Waals surface area contributed by atoms with Crippen molar-refractivity contribution in [1.29, 1.82) is 0 Å². The molecule has 2 aliphatic carbocycles. The molecule has 3 N–H and O–H groups in total. The third kappa shape index (κ3) is 4.99. The molecule has 2 saturated carbocycles. The van der Waals surface area contributed by atoms with Crippen LogP contribution < -0.4 is 10.6 Å². The quantitative estimate of drug-likeness (QED) is 0.704. The lowest BCUT2D eigenvalue weighted by Gasteiger charge is -2.34. The summed E-state index contributed by atoms with van der Waals surface area (Å²) in [6.07, 6.45) is 6.06. The van der Waals surface area contributed by atoms with E-state index in [-0.39, 0.29) is 30.1 Å². The number of nitrogens with one attached hydrogen (secondary N) is 2. The van der Waals surface area contributed by atoms with E-state index >= 15 is 0 Å². The summed E-state index contributed by atoms with van der Waals surface area (Å²) in [6, 6.07) is 0.0227. The molecule has 8 nitrogen and oxygen atoms in total. The number of aliphatic hydroxyl groups excluding tert-OH is 1. The van der Waals surface area contributed by atoms with Gasteiger partial charge in [-0.25, -0.2) is 14.5 Å². The lowest BCUT2D eigenvalue weighted by atomic mass is 9.83. The Morgan fingerprint density at radius 2 is 2.00 bits per heavy atom. The first-order chi connectivity index (χ1) is 13.0. The molecule has 1 heterocycles. The topological polar surface area (TPSA) is 101 Å². The van der Waals surface area contributed by atoms with E-state index in [1.165, 1.54) is 12.8 Å². The van der Waals surface area contributed by atoms with Gasteiger partial charge in [-0.3, -0.25) is 0 Å². The molecule has 27 heavy (non-hydrogen) atoms. The molecule has 1 aromatic heterocycles. The third-order valence-corrected chi connectivity index (χ3v) is 5.65. The van der Waals surface area contributed by atoms with Gasteiger partial charge in [0.25, 0.3) is 0 Å². The highest BCUT2D eigenvalue weighted by atomic mass is 16.5. The van der Waals surface area contributed by atoms with Gasteiger partial charge in [0.1, 0.15) is 12.4 Å². The van der Waals surface area contributed by atoms with Gasteiger partial charge in [0.15, 0.2) is 5.82 Å². The van der Waals surface area contributed by atoms with Gasteiger partial charge in [0.05, 0.1) is 12.1 Å². The molecule has 0 aromatic carbocycles. The molecule has 0 spiro atoms. The van der Waals surface area contributed by atoms with Crippen molar-refractivity contribution >= 4 is 6.03 Å². The van der Waals surface area contributed by atoms with Gasteiger partial charge in [-0.05, 0) is 46.0 Å². The highest BCUT2D eigenvalue weighted by Crippen LogP contribution is 2.33. The van der Waals surface area contributed by atoms with E-state index < -0.39 is 6.10 Å². The van der Waals surface area contributed by atoms with Crippen molar-refractivity contribution in [3.63, 3.8) is 0 Å². The van der Waals surface area contributed by atoms with Crippen LogP contribution in [0.1, 0.15) is 82.4 Å². The Morgan fingerprint density at radius 3 is 2.67 bits per heavy atom. The molecule has 0 aliphatic heterocycles. The third-order valence-electron chi connectivity index (χ3n) is 5.65. The Hall–Kier alpha value is -1.67. The van der Waals surface area contributed by atoms with Crippen LogP contribution in [-0.4, -0.2) is 51.2 Å². The molecule has 2 amide bonds. The largest absolute Gasteiger partial charge is 0.391 e. The first kappa shape index (κ1) is 20.1. The highest BCUT2D eigenvalue weighted by Gasteiger charge is 2.34. The fourth-order valence-corrected chi connectivity index (χ4v) is 4.24. The number of urea groups is 1. The summed E-state index contributed by atoms with van der Waals surface area (Å²) in [7, 11) is 1.63. The molecule has 8 heteroatoms. The summed E-state index contributed by atoms with van der Waals surface area (Å²) in [5, 5.41) is 21.0. The summed E-state index contributed by atoms with van der Waals surface area (Å²) in [4.78, 5) is 17.0. The number of hydrogen-bond acceptors (Lipinski definition) is 5. The number of rotatable bonds is 6. The molecular weight excluding hydrogens is 346 g/mol. The average Bonchev–Trinajstić information content (AvgIpc) is 3.27. The van der Waals surface area contributed by atoms with E-state index in [1.54, 1.807) is 7.11 Å². The van der Waals surface area contributed by atoms with Gasteiger partial charge >= 0.3 is 6.03 Å². The first-order valence-corrected chi connectivity index (χ1v) is 10.2. The molecule has 0 saturated heterocycles. The van der Waals surface area contributed by atoms with Gasteiger partial charge in [0, 0.05) is 25.1 Å². The molecule has 0 bridgehead atoms. The maximum atomic E-state index is 12.3. The zero-order valence-corrected chi connectivity index (χ0v) is 16.6. The standard InChI is InChI=1S/C19H33N5O3/c1-12(2)24-18(22-17(23-24)11-27-3)13-8-9-16(25)15(10-13)21-19(26)20-14-6-4-5-7-14/h12-16,25H,4-11H2,1-3H3,(H2,20,21,26)/t13-,15+,16+/m0/s1. The molecule has 0 unspecified atom stereocenters. The summed E-state index contributed by atoms with van der Waals surface area (Å²) < 4.78 is 7.12. The Labute approximate surface area is 161 Å². The number of methoxy groups -OCH3 is 1. The van der Waals surface area contributed by atoms with Gasteiger partial charge in [-0.2, -0.15) is 5.10 Å². The molecular formula is C19H33N5O3.